The van der Waals surface area contributed by atoms with Gasteiger partial charge < -0.3 is 18.9 Å². The van der Waals surface area contributed by atoms with Crippen LogP contribution in [-0.2, 0) is 0 Å². The molecule has 274 valence electrons. The number of para-hydroxylation sites is 7. The Morgan fingerprint density at radius 3 is 1.80 bits per heavy atom. The van der Waals surface area contributed by atoms with E-state index in [1.165, 1.54) is 4.90 Å². The summed E-state index contributed by atoms with van der Waals surface area (Å²) in [6.07, 6.45) is 0. The minimum atomic E-state index is -0.769. The molecule has 2 aliphatic heterocycles. The van der Waals surface area contributed by atoms with Crippen LogP contribution in [0.1, 0.15) is 12.3 Å². The Bertz CT molecular complexity index is 3920. The summed E-state index contributed by atoms with van der Waals surface area (Å²) in [6.45, 7) is -0.769. The van der Waals surface area contributed by atoms with Crippen LogP contribution >= 0.6 is 0 Å². The Hall–Kier alpha value is -7.76. The molecule has 0 saturated carbocycles. The van der Waals surface area contributed by atoms with Gasteiger partial charge in [0, 0.05) is 66.9 Å². The first-order chi connectivity index (χ1) is 33.1. The van der Waals surface area contributed by atoms with Crippen molar-refractivity contribution in [3.8, 4) is 11.4 Å². The zero-order chi connectivity index (χ0) is 46.4. The molecule has 11 aromatic rings. The highest BCUT2D eigenvalue weighted by molar-refractivity contribution is 7.00. The third-order valence-corrected chi connectivity index (χ3v) is 12.0. The molecule has 0 saturated heterocycles. The first-order valence-electron chi connectivity index (χ1n) is 24.2. The molecule has 0 N–H and O–H groups in total. The lowest BCUT2D eigenvalue weighted by molar-refractivity contribution is 1.16. The molecule has 0 spiro atoms. The van der Waals surface area contributed by atoms with Crippen LogP contribution in [0, 0.1) is 0 Å². The lowest BCUT2D eigenvalue weighted by atomic mass is 9.34. The fourth-order valence-corrected chi connectivity index (χ4v) is 9.85. The van der Waals surface area contributed by atoms with Crippen LogP contribution in [-0.4, -0.2) is 15.8 Å². The van der Waals surface area contributed by atoms with Gasteiger partial charge in [-0.05, 0) is 101 Å². The maximum absolute atomic E-state index is 9.73. The zero-order valence-electron chi connectivity index (χ0n) is 40.4. The highest BCUT2D eigenvalue weighted by Gasteiger charge is 2.42. The normalized spacial score (nSPS) is 14.8. The topological polar surface area (TPSA) is 16.3 Å². The zero-order valence-corrected chi connectivity index (χ0v) is 31.4. The Kier molecular flexibility index (Phi) is 5.20. The lowest BCUT2D eigenvalue weighted by Gasteiger charge is -2.41. The van der Waals surface area contributed by atoms with E-state index in [1.54, 1.807) is 0 Å². The van der Waals surface area contributed by atoms with Crippen molar-refractivity contribution in [1.82, 2.24) is 9.13 Å². The SMILES string of the molecule is [2H]c1c([2H])c([2H])c(N2c3cc(N(c4ccccc4)c4ccccc4)cc4c3B(c3c([2H])c([2H])c([2H])c([2H])c32)c2cccc3c5c6c7ccccc7n(-c7ccccc7)c6ccc5n-4c23)c([2H])c1[2H]. The molecular weight excluding hydrogens is 715 g/mol. The number of hydrogen-bond acceptors (Lipinski definition) is 2. The standard InChI is InChI=1S/C54H35BN4/c1-5-18-36(19-6-1)56(37-20-7-2-8-21-37)40-34-49-53-50(35-40)59-48-33-32-47-51(41-26-13-15-30-45(41)57(47)38-22-9-3-10-23-38)52(48)42-27-17-29-44(54(42)59)55(53)43-28-14-16-31-46(43)58(49)39-24-11-4-12-25-39/h1-35H/i4D,11D,12D,14D,16D,24D,25D,28D,31D. The van der Waals surface area contributed by atoms with Gasteiger partial charge in [-0.1, -0.05) is 127 Å². The van der Waals surface area contributed by atoms with E-state index in [0.717, 1.165) is 71.8 Å². The van der Waals surface area contributed by atoms with Gasteiger partial charge in [0.15, 0.2) is 0 Å². The first kappa shape index (κ1) is 24.8. The monoisotopic (exact) mass is 759 g/mol. The number of benzene rings is 9. The van der Waals surface area contributed by atoms with Crippen LogP contribution in [0.15, 0.2) is 212 Å². The molecule has 2 aromatic heterocycles. The molecule has 59 heavy (non-hydrogen) atoms. The number of nitrogens with zero attached hydrogens (tertiary/aromatic N) is 4. The van der Waals surface area contributed by atoms with Crippen LogP contribution in [0.2, 0.25) is 0 Å². The average Bonchev–Trinajstić information content (AvgIpc) is 3.90. The van der Waals surface area contributed by atoms with E-state index >= 15 is 0 Å². The van der Waals surface area contributed by atoms with Crippen LogP contribution in [0.25, 0.3) is 55.0 Å². The lowest BCUT2D eigenvalue weighted by Crippen LogP contribution is -2.60. The highest BCUT2D eigenvalue weighted by atomic mass is 15.2. The molecule has 0 unspecified atom stereocenters. The molecule has 0 amide bonds. The van der Waals surface area contributed by atoms with Gasteiger partial charge in [-0.15, -0.1) is 0 Å². The van der Waals surface area contributed by atoms with Gasteiger partial charge in [0.2, 0.25) is 0 Å². The summed E-state index contributed by atoms with van der Waals surface area (Å²) in [5.41, 5.74) is 9.92. The molecule has 0 fully saturated rings. The third kappa shape index (κ3) is 4.50. The molecule has 0 radical (unpaired) electrons. The van der Waals surface area contributed by atoms with Crippen molar-refractivity contribution in [2.75, 3.05) is 9.80 Å². The van der Waals surface area contributed by atoms with Gasteiger partial charge in [-0.3, -0.25) is 0 Å². The van der Waals surface area contributed by atoms with Crippen molar-refractivity contribution in [2.24, 2.45) is 0 Å². The third-order valence-electron chi connectivity index (χ3n) is 12.0. The van der Waals surface area contributed by atoms with Gasteiger partial charge in [-0.2, -0.15) is 0 Å². The minimum Gasteiger partial charge on any atom is -0.311 e. The number of rotatable bonds is 5. The number of aromatic nitrogens is 2. The fourth-order valence-electron chi connectivity index (χ4n) is 9.85. The molecule has 0 bridgehead atoms. The summed E-state index contributed by atoms with van der Waals surface area (Å²) < 4.78 is 87.3. The number of hydrogen-bond donors (Lipinski definition) is 0. The van der Waals surface area contributed by atoms with Gasteiger partial charge in [0.1, 0.15) is 0 Å². The van der Waals surface area contributed by atoms with Crippen molar-refractivity contribution < 1.29 is 12.3 Å². The van der Waals surface area contributed by atoms with E-state index in [0.29, 0.717) is 16.8 Å². The second-order valence-electron chi connectivity index (χ2n) is 15.0. The molecule has 2 aliphatic rings. The summed E-state index contributed by atoms with van der Waals surface area (Å²) in [6, 6.07) is 48.8. The van der Waals surface area contributed by atoms with Crippen molar-refractivity contribution in [2.45, 2.75) is 0 Å². The largest absolute Gasteiger partial charge is 0.311 e. The van der Waals surface area contributed by atoms with Crippen LogP contribution < -0.4 is 26.2 Å². The van der Waals surface area contributed by atoms with Crippen LogP contribution in [0.4, 0.5) is 34.1 Å². The average molecular weight is 760 g/mol. The van der Waals surface area contributed by atoms with Gasteiger partial charge >= 0.3 is 0 Å². The van der Waals surface area contributed by atoms with E-state index in [2.05, 4.69) is 74.7 Å². The molecule has 5 heteroatoms. The van der Waals surface area contributed by atoms with Crippen molar-refractivity contribution >= 4 is 101 Å². The van der Waals surface area contributed by atoms with Gasteiger partial charge in [0.05, 0.1) is 34.6 Å². The maximum Gasteiger partial charge on any atom is 0.252 e. The summed E-state index contributed by atoms with van der Waals surface area (Å²) in [7, 11) is 0. The fraction of sp³-hybridized carbons (Fsp3) is 0. The minimum absolute atomic E-state index is 0.0241. The smallest absolute Gasteiger partial charge is 0.252 e. The predicted octanol–water partition coefficient (Wildman–Crippen LogP) is 12.0. The van der Waals surface area contributed by atoms with Crippen LogP contribution in [0.3, 0.4) is 0 Å². The second-order valence-corrected chi connectivity index (χ2v) is 15.0. The maximum atomic E-state index is 9.73. The molecule has 9 aromatic carbocycles. The molecule has 0 aliphatic carbocycles. The predicted molar refractivity (Wildman–Crippen MR) is 249 cm³/mol. The van der Waals surface area contributed by atoms with Crippen molar-refractivity contribution in [3.63, 3.8) is 0 Å². The van der Waals surface area contributed by atoms with E-state index < -0.39 is 49.0 Å². The summed E-state index contributed by atoms with van der Waals surface area (Å²) in [4.78, 5) is 3.61. The van der Waals surface area contributed by atoms with E-state index in [4.69, 9.17) is 6.85 Å². The van der Waals surface area contributed by atoms with Crippen molar-refractivity contribution in [3.05, 3.63) is 212 Å². The summed E-state index contributed by atoms with van der Waals surface area (Å²) in [5, 5.41) is 4.12. The molecule has 4 heterocycles. The summed E-state index contributed by atoms with van der Waals surface area (Å²) in [5.74, 6) is 0. The van der Waals surface area contributed by atoms with E-state index in [9.17, 15) is 5.48 Å². The van der Waals surface area contributed by atoms with Crippen LogP contribution in [0.5, 0.6) is 0 Å². The van der Waals surface area contributed by atoms with E-state index in [1.807, 2.05) is 97.1 Å². The second kappa shape index (κ2) is 12.4. The first-order valence-corrected chi connectivity index (χ1v) is 19.7. The summed E-state index contributed by atoms with van der Waals surface area (Å²) >= 11 is 0. The molecular formula is C54H35BN4. The molecule has 0 atom stereocenters. The highest BCUT2D eigenvalue weighted by Crippen LogP contribution is 2.47. The number of fused-ring (bicyclic) bond motifs is 11. The quantitative estimate of drug-likeness (QED) is 0.163. The van der Waals surface area contributed by atoms with Gasteiger partial charge in [0.25, 0.3) is 6.71 Å². The Morgan fingerprint density at radius 1 is 0.424 bits per heavy atom. The Labute approximate surface area is 354 Å². The molecule has 4 nitrogen and oxygen atoms in total. The Morgan fingerprint density at radius 2 is 1.03 bits per heavy atom. The molecule has 13 rings (SSSR count). The number of anilines is 6. The van der Waals surface area contributed by atoms with Crippen molar-refractivity contribution in [1.29, 1.82) is 0 Å². The van der Waals surface area contributed by atoms with Gasteiger partial charge in [-0.25, -0.2) is 0 Å². The van der Waals surface area contributed by atoms with E-state index in [-0.39, 0.29) is 28.9 Å². The Balaban J connectivity index is 1.25.